The average Bonchev–Trinajstić information content (AvgIpc) is 2.39. The van der Waals surface area contributed by atoms with Crippen molar-refractivity contribution >= 4 is 21.6 Å². The van der Waals surface area contributed by atoms with Crippen molar-refractivity contribution in [1.29, 1.82) is 0 Å². The van der Waals surface area contributed by atoms with Crippen LogP contribution >= 0.6 is 15.9 Å². The van der Waals surface area contributed by atoms with Crippen LogP contribution in [-0.4, -0.2) is 43.6 Å². The number of hydrogen-bond acceptors (Lipinski definition) is 3. The summed E-state index contributed by atoms with van der Waals surface area (Å²) >= 11 is 3.50. The van der Waals surface area contributed by atoms with Crippen molar-refractivity contribution < 1.29 is 4.74 Å². The van der Waals surface area contributed by atoms with Gasteiger partial charge in [-0.3, -0.25) is 4.90 Å². The maximum Gasteiger partial charge on any atom is 0.142 e. The van der Waals surface area contributed by atoms with Crippen LogP contribution < -0.4 is 9.64 Å². The van der Waals surface area contributed by atoms with Crippen molar-refractivity contribution in [2.24, 2.45) is 0 Å². The lowest BCUT2D eigenvalue weighted by molar-refractivity contribution is 0.302. The molecule has 1 aromatic rings. The number of nitrogens with zero attached hydrogens (tertiary/aromatic N) is 2. The molecule has 0 saturated carbocycles. The number of alkyl halides is 1. The van der Waals surface area contributed by atoms with Crippen LogP contribution in [0.3, 0.4) is 0 Å². The van der Waals surface area contributed by atoms with Gasteiger partial charge in [0.15, 0.2) is 0 Å². The predicted molar refractivity (Wildman–Crippen MR) is 70.6 cm³/mol. The lowest BCUT2D eigenvalue weighted by atomic mass is 10.2. The molecule has 0 atom stereocenters. The third-order valence-corrected chi connectivity index (χ3v) is 3.68. The van der Waals surface area contributed by atoms with E-state index in [1.54, 1.807) is 7.11 Å². The third kappa shape index (κ3) is 2.50. The van der Waals surface area contributed by atoms with E-state index in [0.717, 1.165) is 37.4 Å². The normalized spacial score (nSPS) is 17.5. The molecule has 1 heterocycles. The van der Waals surface area contributed by atoms with E-state index in [1.807, 2.05) is 12.1 Å². The molecule has 1 aliphatic rings. The molecule has 4 heteroatoms. The van der Waals surface area contributed by atoms with E-state index in [0.29, 0.717) is 0 Å². The number of piperazine rings is 1. The standard InChI is InChI=1S/C12H17BrN2O/c1-16-12-5-3-2-4-11(12)15-8-6-14(10-13)7-9-15/h2-5H,6-10H2,1H3. The molecule has 1 fully saturated rings. The molecule has 0 aromatic heterocycles. The molecule has 1 aromatic carbocycles. The van der Waals surface area contributed by atoms with Gasteiger partial charge >= 0.3 is 0 Å². The first-order chi connectivity index (χ1) is 7.85. The summed E-state index contributed by atoms with van der Waals surface area (Å²) < 4.78 is 5.39. The number of ether oxygens (including phenoxy) is 1. The Bertz CT molecular complexity index is 338. The van der Waals surface area contributed by atoms with E-state index in [-0.39, 0.29) is 0 Å². The zero-order chi connectivity index (χ0) is 11.4. The highest BCUT2D eigenvalue weighted by atomic mass is 79.9. The van der Waals surface area contributed by atoms with E-state index in [1.165, 1.54) is 5.69 Å². The average molecular weight is 285 g/mol. The maximum absolute atomic E-state index is 5.39. The first kappa shape index (κ1) is 11.7. The predicted octanol–water partition coefficient (Wildman–Crippen LogP) is 2.17. The fraction of sp³-hybridized carbons (Fsp3) is 0.500. The highest BCUT2D eigenvalue weighted by Gasteiger charge is 2.18. The number of hydrogen-bond donors (Lipinski definition) is 0. The summed E-state index contributed by atoms with van der Waals surface area (Å²) in [6.45, 7) is 4.32. The van der Waals surface area contributed by atoms with Gasteiger partial charge in [0.1, 0.15) is 5.75 Å². The minimum Gasteiger partial charge on any atom is -0.495 e. The number of para-hydroxylation sites is 2. The van der Waals surface area contributed by atoms with E-state index >= 15 is 0 Å². The van der Waals surface area contributed by atoms with E-state index in [4.69, 9.17) is 4.74 Å². The Kier molecular flexibility index (Phi) is 4.07. The summed E-state index contributed by atoms with van der Waals surface area (Å²) in [5.74, 6) is 0.967. The summed E-state index contributed by atoms with van der Waals surface area (Å²) in [5, 5.41) is 0. The van der Waals surface area contributed by atoms with E-state index in [2.05, 4.69) is 37.9 Å². The number of anilines is 1. The van der Waals surface area contributed by atoms with Gasteiger partial charge in [-0.15, -0.1) is 0 Å². The second kappa shape index (κ2) is 5.55. The van der Waals surface area contributed by atoms with Crippen molar-refractivity contribution in [3.05, 3.63) is 24.3 Å². The first-order valence-electron chi connectivity index (χ1n) is 5.51. The molecular weight excluding hydrogens is 268 g/mol. The Hall–Kier alpha value is -0.740. The van der Waals surface area contributed by atoms with E-state index < -0.39 is 0 Å². The molecule has 2 rings (SSSR count). The molecule has 0 N–H and O–H groups in total. The molecule has 0 bridgehead atoms. The van der Waals surface area contributed by atoms with Gasteiger partial charge in [-0.05, 0) is 12.1 Å². The zero-order valence-corrected chi connectivity index (χ0v) is 11.1. The molecule has 16 heavy (non-hydrogen) atoms. The second-order valence-electron chi connectivity index (χ2n) is 3.90. The van der Waals surface area contributed by atoms with Crippen LogP contribution in [-0.2, 0) is 0 Å². The Morgan fingerprint density at radius 2 is 1.88 bits per heavy atom. The number of rotatable bonds is 3. The maximum atomic E-state index is 5.39. The van der Waals surface area contributed by atoms with Gasteiger partial charge in [0.05, 0.1) is 18.3 Å². The Balaban J connectivity index is 2.07. The van der Waals surface area contributed by atoms with Crippen molar-refractivity contribution in [2.75, 3.05) is 43.6 Å². The largest absolute Gasteiger partial charge is 0.495 e. The van der Waals surface area contributed by atoms with Crippen LogP contribution in [0, 0.1) is 0 Å². The number of methoxy groups -OCH3 is 1. The van der Waals surface area contributed by atoms with Crippen LogP contribution in [0.2, 0.25) is 0 Å². The number of halogens is 1. The Labute approximate surface area is 105 Å². The fourth-order valence-electron chi connectivity index (χ4n) is 2.00. The van der Waals surface area contributed by atoms with Gasteiger partial charge < -0.3 is 9.64 Å². The van der Waals surface area contributed by atoms with Crippen LogP contribution in [0.5, 0.6) is 5.75 Å². The number of benzene rings is 1. The van der Waals surface area contributed by atoms with Gasteiger partial charge in [-0.25, -0.2) is 0 Å². The van der Waals surface area contributed by atoms with Crippen molar-refractivity contribution in [3.63, 3.8) is 0 Å². The quantitative estimate of drug-likeness (QED) is 0.625. The van der Waals surface area contributed by atoms with Crippen LogP contribution in [0.1, 0.15) is 0 Å². The molecule has 0 unspecified atom stereocenters. The van der Waals surface area contributed by atoms with Gasteiger partial charge in [0, 0.05) is 26.2 Å². The lowest BCUT2D eigenvalue weighted by Crippen LogP contribution is -2.45. The van der Waals surface area contributed by atoms with Crippen LogP contribution in [0.4, 0.5) is 5.69 Å². The monoisotopic (exact) mass is 284 g/mol. The lowest BCUT2D eigenvalue weighted by Gasteiger charge is -2.35. The summed E-state index contributed by atoms with van der Waals surface area (Å²) in [6, 6.07) is 8.22. The topological polar surface area (TPSA) is 15.7 Å². The Morgan fingerprint density at radius 3 is 2.50 bits per heavy atom. The highest BCUT2D eigenvalue weighted by molar-refractivity contribution is 9.09. The molecule has 0 aliphatic carbocycles. The smallest absolute Gasteiger partial charge is 0.142 e. The molecule has 88 valence electrons. The Morgan fingerprint density at radius 1 is 1.19 bits per heavy atom. The minimum absolute atomic E-state index is 0.965. The molecule has 0 spiro atoms. The van der Waals surface area contributed by atoms with Gasteiger partial charge in [0.2, 0.25) is 0 Å². The van der Waals surface area contributed by atoms with E-state index in [9.17, 15) is 0 Å². The van der Waals surface area contributed by atoms with Crippen molar-refractivity contribution in [3.8, 4) is 5.75 Å². The summed E-state index contributed by atoms with van der Waals surface area (Å²) in [5.41, 5.74) is 2.17. The molecule has 1 saturated heterocycles. The van der Waals surface area contributed by atoms with Crippen molar-refractivity contribution in [2.45, 2.75) is 0 Å². The van der Waals surface area contributed by atoms with Gasteiger partial charge in [-0.1, -0.05) is 28.1 Å². The summed E-state index contributed by atoms with van der Waals surface area (Å²) in [7, 11) is 1.73. The van der Waals surface area contributed by atoms with Gasteiger partial charge in [0.25, 0.3) is 0 Å². The molecule has 0 amide bonds. The summed E-state index contributed by atoms with van der Waals surface area (Å²) in [4.78, 5) is 4.78. The SMILES string of the molecule is COc1ccccc1N1CCN(CBr)CC1. The fourth-order valence-corrected chi connectivity index (χ4v) is 2.50. The zero-order valence-electron chi connectivity index (χ0n) is 9.53. The molecule has 0 radical (unpaired) electrons. The van der Waals surface area contributed by atoms with Crippen molar-refractivity contribution in [1.82, 2.24) is 4.90 Å². The van der Waals surface area contributed by atoms with Crippen LogP contribution in [0.25, 0.3) is 0 Å². The molecule has 3 nitrogen and oxygen atoms in total. The highest BCUT2D eigenvalue weighted by Crippen LogP contribution is 2.28. The third-order valence-electron chi connectivity index (χ3n) is 2.97. The molecular formula is C12H17BrN2O. The minimum atomic E-state index is 0.965. The van der Waals surface area contributed by atoms with Gasteiger partial charge in [-0.2, -0.15) is 0 Å². The second-order valence-corrected chi connectivity index (χ2v) is 4.40. The molecule has 1 aliphatic heterocycles. The van der Waals surface area contributed by atoms with Crippen LogP contribution in [0.15, 0.2) is 24.3 Å². The summed E-state index contributed by atoms with van der Waals surface area (Å²) in [6.07, 6.45) is 0. The first-order valence-corrected chi connectivity index (χ1v) is 6.63.